The molecule has 19 heavy (non-hydrogen) atoms. The molecule has 2 rings (SSSR count). The summed E-state index contributed by atoms with van der Waals surface area (Å²) in [4.78, 5) is 11.6. The number of benzene rings is 1. The molecule has 0 bridgehead atoms. The Morgan fingerprint density at radius 2 is 2.32 bits per heavy atom. The zero-order valence-corrected chi connectivity index (χ0v) is 11.9. The molecule has 1 saturated heterocycles. The van der Waals surface area contributed by atoms with Gasteiger partial charge in [-0.3, -0.25) is 4.79 Å². The maximum Gasteiger partial charge on any atom is 0.244 e. The number of carbonyl (C=O) groups is 1. The topological polar surface area (TPSA) is 38.3 Å². The smallest absolute Gasteiger partial charge is 0.244 e. The van der Waals surface area contributed by atoms with E-state index in [0.717, 1.165) is 25.0 Å². The lowest BCUT2D eigenvalue weighted by molar-refractivity contribution is -0.116. The average molecular weight is 300 g/mol. The quantitative estimate of drug-likeness (QED) is 0.866. The Balaban J connectivity index is 1.87. The van der Waals surface area contributed by atoms with E-state index in [4.69, 9.17) is 27.9 Å². The van der Waals surface area contributed by atoms with Gasteiger partial charge in [-0.2, -0.15) is 0 Å². The van der Waals surface area contributed by atoms with Crippen molar-refractivity contribution in [1.29, 1.82) is 0 Å². The first-order valence-corrected chi connectivity index (χ1v) is 6.94. The Kier molecular flexibility index (Phi) is 5.25. The maximum atomic E-state index is 11.6. The molecule has 3 nitrogen and oxygen atoms in total. The molecule has 1 aromatic rings. The molecule has 5 heteroatoms. The number of nitrogens with one attached hydrogen (secondary N) is 1. The number of rotatable bonds is 4. The third-order valence-corrected chi connectivity index (χ3v) is 3.76. The van der Waals surface area contributed by atoms with Crippen molar-refractivity contribution in [2.75, 3.05) is 13.2 Å². The van der Waals surface area contributed by atoms with Crippen LogP contribution in [0.4, 0.5) is 0 Å². The second-order valence-electron chi connectivity index (χ2n) is 4.36. The van der Waals surface area contributed by atoms with Crippen LogP contribution in [0.3, 0.4) is 0 Å². The van der Waals surface area contributed by atoms with Crippen LogP contribution in [-0.4, -0.2) is 25.2 Å². The molecule has 0 aliphatic carbocycles. The summed E-state index contributed by atoms with van der Waals surface area (Å²) in [5.74, 6) is -0.161. The van der Waals surface area contributed by atoms with E-state index < -0.39 is 0 Å². The molecular formula is C14H15Cl2NO2. The van der Waals surface area contributed by atoms with Gasteiger partial charge in [0.1, 0.15) is 0 Å². The van der Waals surface area contributed by atoms with Crippen LogP contribution < -0.4 is 5.32 Å². The Bertz CT molecular complexity index is 482. The summed E-state index contributed by atoms with van der Waals surface area (Å²) in [6, 6.07) is 5.30. The standard InChI is InChI=1S/C14H15Cl2NO2/c15-12-5-1-3-10(14(12)16)6-7-13(18)17-9-11-4-2-8-19-11/h1,3,5-7,11H,2,4,8-9H2,(H,17,18)/b7-6+. The summed E-state index contributed by atoms with van der Waals surface area (Å²) in [6.07, 6.45) is 5.32. The second kappa shape index (κ2) is 6.94. The van der Waals surface area contributed by atoms with Gasteiger partial charge in [-0.15, -0.1) is 0 Å². The zero-order valence-electron chi connectivity index (χ0n) is 10.4. The predicted molar refractivity (Wildman–Crippen MR) is 77.5 cm³/mol. The summed E-state index contributed by atoms with van der Waals surface area (Å²) < 4.78 is 5.42. The largest absolute Gasteiger partial charge is 0.376 e. The van der Waals surface area contributed by atoms with Crippen molar-refractivity contribution in [2.45, 2.75) is 18.9 Å². The van der Waals surface area contributed by atoms with E-state index in [9.17, 15) is 4.79 Å². The fourth-order valence-electron chi connectivity index (χ4n) is 1.89. The SMILES string of the molecule is O=C(/C=C/c1cccc(Cl)c1Cl)NCC1CCCO1. The minimum absolute atomic E-state index is 0.145. The zero-order chi connectivity index (χ0) is 13.7. The number of hydrogen-bond donors (Lipinski definition) is 1. The third kappa shape index (κ3) is 4.23. The Morgan fingerprint density at radius 1 is 1.47 bits per heavy atom. The normalized spacial score (nSPS) is 18.9. The van der Waals surface area contributed by atoms with Crippen molar-refractivity contribution in [3.8, 4) is 0 Å². The predicted octanol–water partition coefficient (Wildman–Crippen LogP) is 3.30. The molecule has 1 aliphatic heterocycles. The molecule has 102 valence electrons. The van der Waals surface area contributed by atoms with Crippen LogP contribution in [0.25, 0.3) is 6.08 Å². The van der Waals surface area contributed by atoms with Gasteiger partial charge in [0.05, 0.1) is 16.1 Å². The lowest BCUT2D eigenvalue weighted by Crippen LogP contribution is -2.30. The summed E-state index contributed by atoms with van der Waals surface area (Å²) in [5.41, 5.74) is 0.724. The molecule has 0 aromatic heterocycles. The highest BCUT2D eigenvalue weighted by molar-refractivity contribution is 6.42. The van der Waals surface area contributed by atoms with Crippen molar-refractivity contribution < 1.29 is 9.53 Å². The van der Waals surface area contributed by atoms with Gasteiger partial charge in [-0.1, -0.05) is 35.3 Å². The van der Waals surface area contributed by atoms with E-state index in [2.05, 4.69) is 5.32 Å². The van der Waals surface area contributed by atoms with Crippen molar-refractivity contribution in [3.63, 3.8) is 0 Å². The molecule has 1 aliphatic rings. The van der Waals surface area contributed by atoms with Gasteiger partial charge in [-0.05, 0) is 30.5 Å². The Morgan fingerprint density at radius 3 is 3.05 bits per heavy atom. The highest BCUT2D eigenvalue weighted by atomic mass is 35.5. The number of halogens is 2. The van der Waals surface area contributed by atoms with Gasteiger partial charge in [0, 0.05) is 19.2 Å². The molecular weight excluding hydrogens is 285 g/mol. The van der Waals surface area contributed by atoms with Crippen molar-refractivity contribution in [1.82, 2.24) is 5.32 Å². The van der Waals surface area contributed by atoms with Crippen LogP contribution in [0, 0.1) is 0 Å². The highest BCUT2D eigenvalue weighted by Crippen LogP contribution is 2.26. The van der Waals surface area contributed by atoms with Crippen LogP contribution in [0.5, 0.6) is 0 Å². The minimum Gasteiger partial charge on any atom is -0.376 e. The Hall–Kier alpha value is -1.03. The number of amides is 1. The molecule has 0 spiro atoms. The van der Waals surface area contributed by atoms with Gasteiger partial charge in [-0.25, -0.2) is 0 Å². The maximum absolute atomic E-state index is 11.6. The molecule has 0 radical (unpaired) electrons. The number of carbonyl (C=O) groups excluding carboxylic acids is 1. The number of hydrogen-bond acceptors (Lipinski definition) is 2. The van der Waals surface area contributed by atoms with Crippen molar-refractivity contribution in [3.05, 3.63) is 39.9 Å². The first-order chi connectivity index (χ1) is 9.16. The van der Waals surface area contributed by atoms with Crippen molar-refractivity contribution >= 4 is 35.2 Å². The summed E-state index contributed by atoms with van der Waals surface area (Å²) in [6.45, 7) is 1.33. The summed E-state index contributed by atoms with van der Waals surface area (Å²) in [5, 5.41) is 3.73. The van der Waals surface area contributed by atoms with E-state index in [-0.39, 0.29) is 12.0 Å². The molecule has 1 amide bonds. The highest BCUT2D eigenvalue weighted by Gasteiger charge is 2.15. The van der Waals surface area contributed by atoms with Gasteiger partial charge in [0.2, 0.25) is 5.91 Å². The summed E-state index contributed by atoms with van der Waals surface area (Å²) >= 11 is 11.9. The van der Waals surface area contributed by atoms with Gasteiger partial charge < -0.3 is 10.1 Å². The van der Waals surface area contributed by atoms with E-state index in [1.807, 2.05) is 0 Å². The second-order valence-corrected chi connectivity index (χ2v) is 5.14. The van der Waals surface area contributed by atoms with E-state index in [1.54, 1.807) is 24.3 Å². The lowest BCUT2D eigenvalue weighted by atomic mass is 10.2. The molecule has 1 fully saturated rings. The number of ether oxygens (including phenoxy) is 1. The molecule has 1 heterocycles. The molecule has 1 atom stereocenters. The van der Waals surface area contributed by atoms with Crippen molar-refractivity contribution in [2.24, 2.45) is 0 Å². The fraction of sp³-hybridized carbons (Fsp3) is 0.357. The van der Waals surface area contributed by atoms with Crippen LogP contribution >= 0.6 is 23.2 Å². The lowest BCUT2D eigenvalue weighted by Gasteiger charge is -2.08. The van der Waals surface area contributed by atoms with Gasteiger partial charge >= 0.3 is 0 Å². The third-order valence-electron chi connectivity index (χ3n) is 2.92. The molecule has 0 saturated carbocycles. The summed E-state index contributed by atoms with van der Waals surface area (Å²) in [7, 11) is 0. The monoisotopic (exact) mass is 299 g/mol. The first-order valence-electron chi connectivity index (χ1n) is 6.18. The van der Waals surface area contributed by atoms with Crippen LogP contribution in [-0.2, 0) is 9.53 Å². The van der Waals surface area contributed by atoms with Gasteiger partial charge in [0.25, 0.3) is 0 Å². The van der Waals surface area contributed by atoms with Crippen LogP contribution in [0.1, 0.15) is 18.4 Å². The minimum atomic E-state index is -0.161. The molecule has 1 N–H and O–H groups in total. The van der Waals surface area contributed by atoms with E-state index in [0.29, 0.717) is 16.6 Å². The van der Waals surface area contributed by atoms with E-state index in [1.165, 1.54) is 6.08 Å². The van der Waals surface area contributed by atoms with Crippen LogP contribution in [0.2, 0.25) is 10.0 Å². The Labute approximate surface area is 122 Å². The molecule has 1 aromatic carbocycles. The van der Waals surface area contributed by atoms with Gasteiger partial charge in [0.15, 0.2) is 0 Å². The average Bonchev–Trinajstić information content (AvgIpc) is 2.91. The van der Waals surface area contributed by atoms with E-state index >= 15 is 0 Å². The molecule has 1 unspecified atom stereocenters. The first kappa shape index (κ1) is 14.4. The fourth-order valence-corrected chi connectivity index (χ4v) is 2.26. The van der Waals surface area contributed by atoms with Crippen LogP contribution in [0.15, 0.2) is 24.3 Å².